The first-order valence-electron chi connectivity index (χ1n) is 6.52. The Kier molecular flexibility index (Phi) is 4.65. The van der Waals surface area contributed by atoms with E-state index < -0.39 is 29.5 Å². The average Bonchev–Trinajstić information content (AvgIpc) is 2.41. The van der Waals surface area contributed by atoms with E-state index in [9.17, 15) is 18.3 Å². The third-order valence-electron chi connectivity index (χ3n) is 3.51. The van der Waals surface area contributed by atoms with Gasteiger partial charge in [-0.25, -0.2) is 13.2 Å². The Hall–Kier alpha value is -1.85. The van der Waals surface area contributed by atoms with Crippen molar-refractivity contribution in [3.63, 3.8) is 0 Å². The molecule has 0 bridgehead atoms. The van der Waals surface area contributed by atoms with Crippen LogP contribution in [0, 0.1) is 24.4 Å². The molecular weight excluding hydrogens is 279 g/mol. The Morgan fingerprint density at radius 3 is 2.19 bits per heavy atom. The van der Waals surface area contributed by atoms with E-state index in [1.165, 1.54) is 18.2 Å². The number of aliphatic hydroxyl groups excluding tert-OH is 1. The first-order chi connectivity index (χ1) is 9.92. The lowest BCUT2D eigenvalue weighted by atomic mass is 9.87. The molecule has 0 aliphatic rings. The van der Waals surface area contributed by atoms with Crippen LogP contribution in [-0.2, 0) is 0 Å². The standard InChI is InChI=1S/C16H16F3NO/c1-9-2-3-11(17)7-14(9)16(21)15(8-20)10-4-12(18)6-13(19)5-10/h2-7,15-16,21H,8,20H2,1H3. The van der Waals surface area contributed by atoms with Gasteiger partial charge in [0.15, 0.2) is 0 Å². The molecule has 2 unspecified atom stereocenters. The lowest BCUT2D eigenvalue weighted by molar-refractivity contribution is 0.146. The number of aliphatic hydroxyl groups is 1. The second-order valence-corrected chi connectivity index (χ2v) is 4.99. The monoisotopic (exact) mass is 295 g/mol. The summed E-state index contributed by atoms with van der Waals surface area (Å²) in [6.45, 7) is 1.69. The van der Waals surface area contributed by atoms with Gasteiger partial charge >= 0.3 is 0 Å². The Morgan fingerprint density at radius 1 is 1.00 bits per heavy atom. The van der Waals surface area contributed by atoms with E-state index in [1.807, 2.05) is 0 Å². The smallest absolute Gasteiger partial charge is 0.126 e. The molecule has 0 saturated heterocycles. The largest absolute Gasteiger partial charge is 0.388 e. The molecule has 0 spiro atoms. The van der Waals surface area contributed by atoms with Gasteiger partial charge in [-0.15, -0.1) is 0 Å². The molecule has 2 nitrogen and oxygen atoms in total. The molecule has 2 atom stereocenters. The number of hydrogen-bond acceptors (Lipinski definition) is 2. The van der Waals surface area contributed by atoms with Crippen molar-refractivity contribution in [1.82, 2.24) is 0 Å². The van der Waals surface area contributed by atoms with Gasteiger partial charge in [-0.2, -0.15) is 0 Å². The molecule has 2 rings (SSSR count). The minimum Gasteiger partial charge on any atom is -0.388 e. The number of halogens is 3. The Balaban J connectivity index is 2.42. The predicted octanol–water partition coefficient (Wildman–Crippen LogP) is 3.19. The number of benzene rings is 2. The number of hydrogen-bond donors (Lipinski definition) is 2. The van der Waals surface area contributed by atoms with E-state index in [-0.39, 0.29) is 12.1 Å². The molecule has 2 aromatic carbocycles. The van der Waals surface area contributed by atoms with Crippen LogP contribution >= 0.6 is 0 Å². The molecule has 112 valence electrons. The number of aryl methyl sites for hydroxylation is 1. The lowest BCUT2D eigenvalue weighted by Crippen LogP contribution is -2.21. The van der Waals surface area contributed by atoms with Gasteiger partial charge in [0, 0.05) is 18.5 Å². The maximum absolute atomic E-state index is 13.3. The van der Waals surface area contributed by atoms with Gasteiger partial charge in [0.2, 0.25) is 0 Å². The highest BCUT2D eigenvalue weighted by Crippen LogP contribution is 2.33. The molecule has 0 radical (unpaired) electrons. The van der Waals surface area contributed by atoms with E-state index in [0.717, 1.165) is 18.2 Å². The van der Waals surface area contributed by atoms with Crippen molar-refractivity contribution in [1.29, 1.82) is 0 Å². The van der Waals surface area contributed by atoms with E-state index in [2.05, 4.69) is 0 Å². The molecule has 5 heteroatoms. The molecule has 0 aliphatic carbocycles. The Labute approximate surface area is 121 Å². The van der Waals surface area contributed by atoms with Crippen molar-refractivity contribution < 1.29 is 18.3 Å². The normalized spacial score (nSPS) is 14.0. The zero-order chi connectivity index (χ0) is 15.6. The van der Waals surface area contributed by atoms with E-state index in [1.54, 1.807) is 6.92 Å². The highest BCUT2D eigenvalue weighted by Gasteiger charge is 2.24. The summed E-state index contributed by atoms with van der Waals surface area (Å²) >= 11 is 0. The summed E-state index contributed by atoms with van der Waals surface area (Å²) in [5, 5.41) is 10.4. The lowest BCUT2D eigenvalue weighted by Gasteiger charge is -2.24. The van der Waals surface area contributed by atoms with Crippen molar-refractivity contribution in [2.45, 2.75) is 18.9 Å². The molecule has 0 saturated carbocycles. The van der Waals surface area contributed by atoms with Crippen LogP contribution in [-0.4, -0.2) is 11.7 Å². The van der Waals surface area contributed by atoms with E-state index in [0.29, 0.717) is 11.1 Å². The fourth-order valence-corrected chi connectivity index (χ4v) is 2.38. The molecular formula is C16H16F3NO. The third-order valence-corrected chi connectivity index (χ3v) is 3.51. The van der Waals surface area contributed by atoms with Crippen molar-refractivity contribution in [2.24, 2.45) is 5.73 Å². The maximum Gasteiger partial charge on any atom is 0.126 e. The minimum absolute atomic E-state index is 0.0278. The quantitative estimate of drug-likeness (QED) is 0.910. The summed E-state index contributed by atoms with van der Waals surface area (Å²) in [5.41, 5.74) is 6.91. The number of nitrogens with two attached hydrogens (primary N) is 1. The molecule has 0 fully saturated rings. The van der Waals surface area contributed by atoms with Crippen LogP contribution in [0.5, 0.6) is 0 Å². The second-order valence-electron chi connectivity index (χ2n) is 4.99. The van der Waals surface area contributed by atoms with Crippen LogP contribution in [0.3, 0.4) is 0 Å². The van der Waals surface area contributed by atoms with E-state index >= 15 is 0 Å². The summed E-state index contributed by atoms with van der Waals surface area (Å²) in [4.78, 5) is 0. The van der Waals surface area contributed by atoms with Crippen LogP contribution in [0.25, 0.3) is 0 Å². The molecule has 3 N–H and O–H groups in total. The summed E-state index contributed by atoms with van der Waals surface area (Å²) in [6, 6.07) is 7.02. The second kappa shape index (κ2) is 6.28. The van der Waals surface area contributed by atoms with Crippen molar-refractivity contribution in [3.8, 4) is 0 Å². The zero-order valence-electron chi connectivity index (χ0n) is 11.5. The third kappa shape index (κ3) is 3.43. The van der Waals surface area contributed by atoms with E-state index in [4.69, 9.17) is 5.73 Å². The van der Waals surface area contributed by atoms with Gasteiger partial charge in [0.25, 0.3) is 0 Å². The van der Waals surface area contributed by atoms with Gasteiger partial charge in [-0.3, -0.25) is 0 Å². The van der Waals surface area contributed by atoms with Gasteiger partial charge in [0.1, 0.15) is 17.5 Å². The van der Waals surface area contributed by atoms with Gasteiger partial charge in [-0.05, 0) is 47.9 Å². The SMILES string of the molecule is Cc1ccc(F)cc1C(O)C(CN)c1cc(F)cc(F)c1. The average molecular weight is 295 g/mol. The van der Waals surface area contributed by atoms with Gasteiger partial charge < -0.3 is 10.8 Å². The first-order valence-corrected chi connectivity index (χ1v) is 6.52. The maximum atomic E-state index is 13.3. The van der Waals surface area contributed by atoms with Crippen LogP contribution in [0.1, 0.15) is 28.7 Å². The van der Waals surface area contributed by atoms with Crippen LogP contribution in [0.2, 0.25) is 0 Å². The van der Waals surface area contributed by atoms with Crippen LogP contribution < -0.4 is 5.73 Å². The Morgan fingerprint density at radius 2 is 1.62 bits per heavy atom. The zero-order valence-corrected chi connectivity index (χ0v) is 11.5. The summed E-state index contributed by atoms with van der Waals surface area (Å²) in [5.74, 6) is -2.70. The van der Waals surface area contributed by atoms with Crippen LogP contribution in [0.4, 0.5) is 13.2 Å². The molecule has 0 aliphatic heterocycles. The van der Waals surface area contributed by atoms with Gasteiger partial charge in [0.05, 0.1) is 6.10 Å². The summed E-state index contributed by atoms with van der Waals surface area (Å²) in [7, 11) is 0. The highest BCUT2D eigenvalue weighted by molar-refractivity contribution is 5.33. The molecule has 0 heterocycles. The van der Waals surface area contributed by atoms with Crippen molar-refractivity contribution >= 4 is 0 Å². The highest BCUT2D eigenvalue weighted by atomic mass is 19.1. The number of rotatable bonds is 4. The molecule has 21 heavy (non-hydrogen) atoms. The van der Waals surface area contributed by atoms with Crippen molar-refractivity contribution in [2.75, 3.05) is 6.54 Å². The minimum atomic E-state index is -1.15. The van der Waals surface area contributed by atoms with Crippen LogP contribution in [0.15, 0.2) is 36.4 Å². The fraction of sp³-hybridized carbons (Fsp3) is 0.250. The predicted molar refractivity (Wildman–Crippen MR) is 74.3 cm³/mol. The summed E-state index contributed by atoms with van der Waals surface area (Å²) < 4.78 is 40.0. The first kappa shape index (κ1) is 15.5. The Bertz CT molecular complexity index is 625. The summed E-state index contributed by atoms with van der Waals surface area (Å²) in [6.07, 6.45) is -1.15. The molecule has 0 amide bonds. The topological polar surface area (TPSA) is 46.2 Å². The fourth-order valence-electron chi connectivity index (χ4n) is 2.38. The molecule has 0 aromatic heterocycles. The van der Waals surface area contributed by atoms with Crippen molar-refractivity contribution in [3.05, 3.63) is 70.5 Å². The van der Waals surface area contributed by atoms with Gasteiger partial charge in [-0.1, -0.05) is 6.07 Å². The molecule has 2 aromatic rings.